The van der Waals surface area contributed by atoms with Gasteiger partial charge in [0.05, 0.1) is 0 Å². The monoisotopic (exact) mass is 249 g/mol. The van der Waals surface area contributed by atoms with Crippen LogP contribution in [0.25, 0.3) is 0 Å². The predicted octanol–water partition coefficient (Wildman–Crippen LogP) is 2.71. The number of rotatable bonds is 5. The first-order valence-corrected chi connectivity index (χ1v) is 7.05. The van der Waals surface area contributed by atoms with Crippen LogP contribution in [0.5, 0.6) is 0 Å². The lowest BCUT2D eigenvalue weighted by Gasteiger charge is -2.14. The van der Waals surface area contributed by atoms with E-state index in [1.165, 1.54) is 30.5 Å². The van der Waals surface area contributed by atoms with Crippen molar-refractivity contribution in [2.45, 2.75) is 52.6 Å². The number of anilines is 1. The van der Waals surface area contributed by atoms with Gasteiger partial charge in [-0.25, -0.2) is 9.97 Å². The molecule has 0 radical (unpaired) electrons. The van der Waals surface area contributed by atoms with E-state index in [-0.39, 0.29) is 0 Å². The smallest absolute Gasteiger partial charge is 0.156 e. The molecule has 0 amide bonds. The van der Waals surface area contributed by atoms with Gasteiger partial charge >= 0.3 is 0 Å². The molecule has 2 rings (SSSR count). The van der Waals surface area contributed by atoms with E-state index in [1.54, 1.807) is 0 Å². The average Bonchev–Trinajstić information content (AvgIpc) is 2.62. The number of nitrogens with zero attached hydrogens (tertiary/aromatic N) is 2. The van der Waals surface area contributed by atoms with E-state index < -0.39 is 0 Å². The van der Waals surface area contributed by atoms with E-state index in [2.05, 4.69) is 22.2 Å². The number of hydrogen-bond donors (Lipinski definition) is 1. The van der Waals surface area contributed by atoms with E-state index in [9.17, 15) is 0 Å². The lowest BCUT2D eigenvalue weighted by Crippen LogP contribution is -2.11. The van der Waals surface area contributed by atoms with Crippen LogP contribution in [-0.2, 0) is 24.2 Å². The first-order valence-electron chi connectivity index (χ1n) is 7.05. The third-order valence-corrected chi connectivity index (χ3v) is 3.26. The second-order valence-corrected chi connectivity index (χ2v) is 4.64. The highest BCUT2D eigenvalue weighted by Gasteiger charge is 2.16. The van der Waals surface area contributed by atoms with Gasteiger partial charge in [0.1, 0.15) is 12.4 Å². The van der Waals surface area contributed by atoms with E-state index in [4.69, 9.17) is 4.74 Å². The molecular weight excluding hydrogens is 226 g/mol. The average molecular weight is 249 g/mol. The Hall–Kier alpha value is -1.16. The summed E-state index contributed by atoms with van der Waals surface area (Å²) in [6, 6.07) is 0. The molecular formula is C14H23N3O. The summed E-state index contributed by atoms with van der Waals surface area (Å²) in [4.78, 5) is 9.29. The Labute approximate surface area is 109 Å². The minimum Gasteiger partial charge on any atom is -0.374 e. The predicted molar refractivity (Wildman–Crippen MR) is 72.8 cm³/mol. The van der Waals surface area contributed by atoms with Gasteiger partial charge in [0.25, 0.3) is 0 Å². The lowest BCUT2D eigenvalue weighted by molar-refractivity contribution is 0.128. The van der Waals surface area contributed by atoms with Gasteiger partial charge < -0.3 is 10.1 Å². The fraction of sp³-hybridized carbons (Fsp3) is 0.714. The molecule has 0 atom stereocenters. The first-order chi connectivity index (χ1) is 8.85. The van der Waals surface area contributed by atoms with Gasteiger partial charge in [-0.1, -0.05) is 6.42 Å². The van der Waals surface area contributed by atoms with Crippen molar-refractivity contribution in [3.8, 4) is 0 Å². The molecule has 0 spiro atoms. The largest absolute Gasteiger partial charge is 0.374 e. The minimum atomic E-state index is 0.516. The molecule has 100 valence electrons. The molecule has 0 aromatic carbocycles. The Morgan fingerprint density at radius 1 is 1.11 bits per heavy atom. The number of aryl methyl sites for hydroxylation is 1. The van der Waals surface area contributed by atoms with Gasteiger partial charge in [-0.3, -0.25) is 0 Å². The van der Waals surface area contributed by atoms with Gasteiger partial charge in [0, 0.05) is 24.4 Å². The van der Waals surface area contributed by atoms with Gasteiger partial charge in [0.2, 0.25) is 0 Å². The Balaban J connectivity index is 2.29. The summed E-state index contributed by atoms with van der Waals surface area (Å²) in [7, 11) is 0. The zero-order valence-electron chi connectivity index (χ0n) is 11.5. The van der Waals surface area contributed by atoms with E-state index in [0.717, 1.165) is 31.0 Å². The molecule has 0 aliphatic heterocycles. The van der Waals surface area contributed by atoms with E-state index in [1.807, 2.05) is 6.92 Å². The van der Waals surface area contributed by atoms with E-state index in [0.29, 0.717) is 13.2 Å². The summed E-state index contributed by atoms with van der Waals surface area (Å²) >= 11 is 0. The van der Waals surface area contributed by atoms with Gasteiger partial charge in [-0.05, 0) is 39.5 Å². The van der Waals surface area contributed by atoms with Crippen LogP contribution in [0.3, 0.4) is 0 Å². The van der Waals surface area contributed by atoms with Crippen LogP contribution in [0.4, 0.5) is 5.82 Å². The summed E-state index contributed by atoms with van der Waals surface area (Å²) < 4.78 is 5.42. The fourth-order valence-corrected chi connectivity index (χ4v) is 2.39. The van der Waals surface area contributed by atoms with Gasteiger partial charge in [-0.15, -0.1) is 0 Å². The molecule has 0 unspecified atom stereocenters. The molecule has 0 bridgehead atoms. The Kier molecular flexibility index (Phi) is 4.93. The molecule has 1 aromatic heterocycles. The van der Waals surface area contributed by atoms with Crippen LogP contribution >= 0.6 is 0 Å². The molecule has 1 aromatic rings. The van der Waals surface area contributed by atoms with Crippen molar-refractivity contribution in [1.29, 1.82) is 0 Å². The Bertz CT molecular complexity index is 393. The summed E-state index contributed by atoms with van der Waals surface area (Å²) in [5.41, 5.74) is 2.56. The number of aromatic nitrogens is 2. The number of ether oxygens (including phenoxy) is 1. The number of nitrogens with one attached hydrogen (secondary N) is 1. The molecule has 4 nitrogen and oxygen atoms in total. The Morgan fingerprint density at radius 3 is 2.72 bits per heavy atom. The van der Waals surface area contributed by atoms with Crippen molar-refractivity contribution in [3.63, 3.8) is 0 Å². The molecule has 1 aliphatic rings. The quantitative estimate of drug-likeness (QED) is 0.815. The highest BCUT2D eigenvalue weighted by atomic mass is 16.5. The molecule has 0 fully saturated rings. The van der Waals surface area contributed by atoms with E-state index >= 15 is 0 Å². The second-order valence-electron chi connectivity index (χ2n) is 4.64. The third kappa shape index (κ3) is 3.19. The summed E-state index contributed by atoms with van der Waals surface area (Å²) in [6.45, 7) is 6.22. The summed E-state index contributed by atoms with van der Waals surface area (Å²) in [5, 5.41) is 3.37. The maximum atomic E-state index is 5.42. The Morgan fingerprint density at radius 2 is 1.94 bits per heavy atom. The third-order valence-electron chi connectivity index (χ3n) is 3.26. The standard InChI is InChI=1S/C14H23N3O/c1-3-15-14-11-8-6-5-7-9-12(11)16-13(17-14)10-18-4-2/h3-10H2,1-2H3,(H,15,16,17). The lowest BCUT2D eigenvalue weighted by atomic mass is 10.1. The zero-order valence-corrected chi connectivity index (χ0v) is 11.5. The normalized spacial score (nSPS) is 15.0. The van der Waals surface area contributed by atoms with Crippen LogP contribution in [-0.4, -0.2) is 23.1 Å². The molecule has 1 heterocycles. The first kappa shape index (κ1) is 13.3. The molecule has 18 heavy (non-hydrogen) atoms. The highest BCUT2D eigenvalue weighted by molar-refractivity contribution is 5.47. The van der Waals surface area contributed by atoms with Crippen LogP contribution in [0, 0.1) is 0 Å². The molecule has 1 N–H and O–H groups in total. The van der Waals surface area contributed by atoms with Gasteiger partial charge in [-0.2, -0.15) is 0 Å². The van der Waals surface area contributed by atoms with Crippen molar-refractivity contribution < 1.29 is 4.74 Å². The fourth-order valence-electron chi connectivity index (χ4n) is 2.39. The van der Waals surface area contributed by atoms with Crippen LogP contribution in [0.1, 0.15) is 50.2 Å². The van der Waals surface area contributed by atoms with Crippen molar-refractivity contribution in [1.82, 2.24) is 9.97 Å². The zero-order chi connectivity index (χ0) is 12.8. The number of fused-ring (bicyclic) bond motifs is 1. The van der Waals surface area contributed by atoms with Crippen LogP contribution in [0.15, 0.2) is 0 Å². The van der Waals surface area contributed by atoms with Crippen molar-refractivity contribution >= 4 is 5.82 Å². The highest BCUT2D eigenvalue weighted by Crippen LogP contribution is 2.24. The molecule has 0 saturated heterocycles. The maximum absolute atomic E-state index is 5.42. The molecule has 1 aliphatic carbocycles. The van der Waals surface area contributed by atoms with Crippen LogP contribution in [0.2, 0.25) is 0 Å². The van der Waals surface area contributed by atoms with Gasteiger partial charge in [0.15, 0.2) is 5.82 Å². The molecule has 4 heteroatoms. The topological polar surface area (TPSA) is 47.0 Å². The van der Waals surface area contributed by atoms with Crippen molar-refractivity contribution in [2.24, 2.45) is 0 Å². The SMILES string of the molecule is CCNc1nc(COCC)nc2c1CCCCC2. The summed E-state index contributed by atoms with van der Waals surface area (Å²) in [6.07, 6.45) is 5.97. The summed E-state index contributed by atoms with van der Waals surface area (Å²) in [5.74, 6) is 1.84. The van der Waals surface area contributed by atoms with Crippen LogP contribution < -0.4 is 5.32 Å². The van der Waals surface area contributed by atoms with Crippen molar-refractivity contribution in [2.75, 3.05) is 18.5 Å². The minimum absolute atomic E-state index is 0.516. The second kappa shape index (κ2) is 6.69. The van der Waals surface area contributed by atoms with Crippen molar-refractivity contribution in [3.05, 3.63) is 17.1 Å². The maximum Gasteiger partial charge on any atom is 0.156 e. The molecule has 0 saturated carbocycles. The number of hydrogen-bond acceptors (Lipinski definition) is 4.